The molecule has 3 heterocycles. The molecule has 4 rings (SSSR count). The Hall–Kier alpha value is -2.70. The third-order valence-electron chi connectivity index (χ3n) is 3.56. The Bertz CT molecular complexity index is 1070. The number of pyridine rings is 1. The van der Waals surface area contributed by atoms with E-state index in [0.29, 0.717) is 38.2 Å². The minimum Gasteiger partial charge on any atom is -0.338 e. The molecule has 1 aromatic carbocycles. The predicted molar refractivity (Wildman–Crippen MR) is 93.2 cm³/mol. The van der Waals surface area contributed by atoms with Crippen molar-refractivity contribution in [3.8, 4) is 22.6 Å². The summed E-state index contributed by atoms with van der Waals surface area (Å²) in [4.78, 5) is 23.6. The van der Waals surface area contributed by atoms with E-state index in [2.05, 4.69) is 25.1 Å². The fourth-order valence-electron chi connectivity index (χ4n) is 2.38. The molecule has 0 amide bonds. The molecule has 6 nitrogen and oxygen atoms in total. The van der Waals surface area contributed by atoms with E-state index in [9.17, 15) is 4.79 Å². The van der Waals surface area contributed by atoms with Gasteiger partial charge in [-0.15, -0.1) is 0 Å². The number of imidazole rings is 1. The van der Waals surface area contributed by atoms with E-state index in [1.807, 2.05) is 12.1 Å². The molecule has 0 spiro atoms. The van der Waals surface area contributed by atoms with Crippen molar-refractivity contribution in [1.29, 1.82) is 0 Å². The lowest BCUT2D eigenvalue weighted by molar-refractivity contribution is 0.993. The zero-order valence-corrected chi connectivity index (χ0v) is 13.6. The van der Waals surface area contributed by atoms with Gasteiger partial charge in [0.15, 0.2) is 0 Å². The number of benzene rings is 1. The van der Waals surface area contributed by atoms with Gasteiger partial charge in [-0.2, -0.15) is 5.10 Å². The largest absolute Gasteiger partial charge is 0.338 e. The normalized spacial score (nSPS) is 11.1. The zero-order chi connectivity index (χ0) is 16.7. The molecule has 0 bridgehead atoms. The number of H-pyrrole nitrogens is 2. The molecule has 0 aliphatic rings. The standard InChI is InChI=1S/C16H9Cl2N5O/c17-10-6-13-14(7-11(10)18)21-15(20-13)9-5-12(22-23-16(9)24)8-1-3-19-4-2-8/h1-7H,(H,20,21)(H,23,24). The average Bonchev–Trinajstić information content (AvgIpc) is 2.99. The quantitative estimate of drug-likeness (QED) is 0.572. The number of halogens is 2. The summed E-state index contributed by atoms with van der Waals surface area (Å²) in [5.41, 5.74) is 2.81. The zero-order valence-electron chi connectivity index (χ0n) is 12.0. The van der Waals surface area contributed by atoms with Crippen molar-refractivity contribution in [2.45, 2.75) is 0 Å². The summed E-state index contributed by atoms with van der Waals surface area (Å²) in [6, 6.07) is 8.62. The molecule has 8 heteroatoms. The van der Waals surface area contributed by atoms with Crippen molar-refractivity contribution in [3.05, 3.63) is 63.1 Å². The molecule has 4 aromatic rings. The Morgan fingerprint density at radius 2 is 1.75 bits per heavy atom. The lowest BCUT2D eigenvalue weighted by Gasteiger charge is -2.01. The van der Waals surface area contributed by atoms with Crippen LogP contribution in [0.5, 0.6) is 0 Å². The highest BCUT2D eigenvalue weighted by Gasteiger charge is 2.13. The van der Waals surface area contributed by atoms with Gasteiger partial charge < -0.3 is 4.98 Å². The van der Waals surface area contributed by atoms with Crippen LogP contribution in [-0.4, -0.2) is 25.1 Å². The third kappa shape index (κ3) is 2.55. The first-order valence-electron chi connectivity index (χ1n) is 6.97. The smallest absolute Gasteiger partial charge is 0.275 e. The molecule has 0 saturated heterocycles. The number of aromatic amines is 2. The minimum absolute atomic E-state index is 0.343. The van der Waals surface area contributed by atoms with Crippen LogP contribution in [0.3, 0.4) is 0 Å². The molecule has 2 N–H and O–H groups in total. The van der Waals surface area contributed by atoms with Gasteiger partial charge in [-0.05, 0) is 30.3 Å². The molecule has 0 aliphatic heterocycles. The maximum Gasteiger partial charge on any atom is 0.275 e. The first-order chi connectivity index (χ1) is 11.6. The summed E-state index contributed by atoms with van der Waals surface area (Å²) in [6.45, 7) is 0. The van der Waals surface area contributed by atoms with Crippen molar-refractivity contribution in [1.82, 2.24) is 25.1 Å². The molecule has 0 fully saturated rings. The Kier molecular flexibility index (Phi) is 3.55. The van der Waals surface area contributed by atoms with Crippen molar-refractivity contribution in [2.24, 2.45) is 0 Å². The molecule has 0 unspecified atom stereocenters. The summed E-state index contributed by atoms with van der Waals surface area (Å²) in [7, 11) is 0. The Balaban J connectivity index is 1.88. The molecule has 24 heavy (non-hydrogen) atoms. The van der Waals surface area contributed by atoms with Gasteiger partial charge >= 0.3 is 0 Å². The average molecular weight is 358 g/mol. The lowest BCUT2D eigenvalue weighted by atomic mass is 10.1. The molecular weight excluding hydrogens is 349 g/mol. The number of hydrogen-bond acceptors (Lipinski definition) is 4. The van der Waals surface area contributed by atoms with Crippen LogP contribution in [0.15, 0.2) is 47.5 Å². The van der Waals surface area contributed by atoms with Crippen LogP contribution in [0.4, 0.5) is 0 Å². The maximum atomic E-state index is 12.2. The Morgan fingerprint density at radius 3 is 2.54 bits per heavy atom. The number of aromatic nitrogens is 5. The van der Waals surface area contributed by atoms with Crippen LogP contribution in [0, 0.1) is 0 Å². The number of nitrogens with one attached hydrogen (secondary N) is 2. The minimum atomic E-state index is -0.343. The predicted octanol–water partition coefficient (Wildman–Crippen LogP) is 3.68. The maximum absolute atomic E-state index is 12.2. The summed E-state index contributed by atoms with van der Waals surface area (Å²) < 4.78 is 0. The van der Waals surface area contributed by atoms with Gasteiger partial charge in [0.25, 0.3) is 5.56 Å². The second-order valence-corrected chi connectivity index (χ2v) is 5.92. The van der Waals surface area contributed by atoms with Crippen molar-refractivity contribution in [3.63, 3.8) is 0 Å². The van der Waals surface area contributed by atoms with Crippen LogP contribution >= 0.6 is 23.2 Å². The van der Waals surface area contributed by atoms with E-state index < -0.39 is 0 Å². The number of rotatable bonds is 2. The summed E-state index contributed by atoms with van der Waals surface area (Å²) in [5, 5.41) is 7.39. The monoisotopic (exact) mass is 357 g/mol. The third-order valence-corrected chi connectivity index (χ3v) is 4.28. The second kappa shape index (κ2) is 5.74. The van der Waals surface area contributed by atoms with Gasteiger partial charge in [0.1, 0.15) is 5.82 Å². The van der Waals surface area contributed by atoms with E-state index in [-0.39, 0.29) is 5.56 Å². The fourth-order valence-corrected chi connectivity index (χ4v) is 2.71. The summed E-state index contributed by atoms with van der Waals surface area (Å²) in [6.07, 6.45) is 3.32. The SMILES string of the molecule is O=c1[nH]nc(-c2ccncc2)cc1-c1nc2cc(Cl)c(Cl)cc2[nH]1. The van der Waals surface area contributed by atoms with E-state index in [1.54, 1.807) is 30.6 Å². The Labute approximate surface area is 145 Å². The van der Waals surface area contributed by atoms with Gasteiger partial charge in [0.2, 0.25) is 0 Å². The molecule has 0 radical (unpaired) electrons. The highest BCUT2D eigenvalue weighted by atomic mass is 35.5. The van der Waals surface area contributed by atoms with Crippen molar-refractivity contribution >= 4 is 34.2 Å². The lowest BCUT2D eigenvalue weighted by Crippen LogP contribution is -2.12. The molecular formula is C16H9Cl2N5O. The van der Waals surface area contributed by atoms with E-state index in [4.69, 9.17) is 23.2 Å². The van der Waals surface area contributed by atoms with Crippen molar-refractivity contribution in [2.75, 3.05) is 0 Å². The summed E-state index contributed by atoms with van der Waals surface area (Å²) in [5.74, 6) is 0.419. The van der Waals surface area contributed by atoms with Crippen LogP contribution in [0.25, 0.3) is 33.7 Å². The topological polar surface area (TPSA) is 87.3 Å². The second-order valence-electron chi connectivity index (χ2n) is 5.10. The van der Waals surface area contributed by atoms with Gasteiger partial charge in [0, 0.05) is 18.0 Å². The van der Waals surface area contributed by atoms with E-state index >= 15 is 0 Å². The molecule has 0 aliphatic carbocycles. The van der Waals surface area contributed by atoms with Crippen LogP contribution in [-0.2, 0) is 0 Å². The molecule has 0 saturated carbocycles. The van der Waals surface area contributed by atoms with Gasteiger partial charge in [0.05, 0.1) is 32.3 Å². The van der Waals surface area contributed by atoms with Gasteiger partial charge in [-0.3, -0.25) is 9.78 Å². The highest BCUT2D eigenvalue weighted by Crippen LogP contribution is 2.28. The van der Waals surface area contributed by atoms with Crippen LogP contribution < -0.4 is 5.56 Å². The van der Waals surface area contributed by atoms with Crippen molar-refractivity contribution < 1.29 is 0 Å². The van der Waals surface area contributed by atoms with E-state index in [1.165, 1.54) is 0 Å². The number of hydrogen-bond donors (Lipinski definition) is 2. The molecule has 118 valence electrons. The number of fused-ring (bicyclic) bond motifs is 1. The van der Waals surface area contributed by atoms with Crippen LogP contribution in [0.1, 0.15) is 0 Å². The molecule has 3 aromatic heterocycles. The first kappa shape index (κ1) is 14.9. The first-order valence-corrected chi connectivity index (χ1v) is 7.72. The van der Waals surface area contributed by atoms with Crippen LogP contribution in [0.2, 0.25) is 10.0 Å². The van der Waals surface area contributed by atoms with Gasteiger partial charge in [-0.25, -0.2) is 10.1 Å². The highest BCUT2D eigenvalue weighted by molar-refractivity contribution is 6.42. The Morgan fingerprint density at radius 1 is 1.00 bits per heavy atom. The molecule has 0 atom stereocenters. The fraction of sp³-hybridized carbons (Fsp3) is 0. The number of nitrogens with zero attached hydrogens (tertiary/aromatic N) is 3. The summed E-state index contributed by atoms with van der Waals surface area (Å²) >= 11 is 12.0. The van der Waals surface area contributed by atoms with Gasteiger partial charge in [-0.1, -0.05) is 23.2 Å². The van der Waals surface area contributed by atoms with E-state index in [0.717, 1.165) is 5.56 Å².